The summed E-state index contributed by atoms with van der Waals surface area (Å²) in [6.07, 6.45) is 5.58. The minimum atomic E-state index is 0.652. The second kappa shape index (κ2) is 10.7. The molecule has 46 heavy (non-hydrogen) atoms. The Hall–Kier alpha value is -6.33. The Morgan fingerprint density at radius 2 is 1.07 bits per heavy atom. The van der Waals surface area contributed by atoms with Crippen molar-refractivity contribution >= 4 is 32.3 Å². The number of hydrogen-bond acceptors (Lipinski definition) is 5. The maximum absolute atomic E-state index is 5.07. The van der Waals surface area contributed by atoms with E-state index in [9.17, 15) is 0 Å². The van der Waals surface area contributed by atoms with Crippen molar-refractivity contribution < 1.29 is 0 Å². The fourth-order valence-electron chi connectivity index (χ4n) is 6.43. The largest absolute Gasteiger partial charge is 0.264 e. The van der Waals surface area contributed by atoms with Gasteiger partial charge in [0.2, 0.25) is 0 Å². The molecule has 0 aliphatic rings. The number of rotatable bonds is 5. The average Bonchev–Trinajstić information content (AvgIpc) is 3.14. The molecular weight excluding hydrogens is 562 g/mol. The highest BCUT2D eigenvalue weighted by molar-refractivity contribution is 6.28. The quantitative estimate of drug-likeness (QED) is 0.188. The molecule has 5 heteroatoms. The lowest BCUT2D eigenvalue weighted by atomic mass is 9.88. The predicted molar refractivity (Wildman–Crippen MR) is 186 cm³/mol. The van der Waals surface area contributed by atoms with Crippen molar-refractivity contribution in [3.8, 4) is 56.5 Å². The third-order valence-corrected chi connectivity index (χ3v) is 8.62. The third kappa shape index (κ3) is 4.37. The molecule has 5 nitrogen and oxygen atoms in total. The maximum Gasteiger partial charge on any atom is 0.164 e. The first-order valence-electron chi connectivity index (χ1n) is 15.2. The van der Waals surface area contributed by atoms with Gasteiger partial charge in [0.15, 0.2) is 17.5 Å². The molecule has 0 fully saturated rings. The van der Waals surface area contributed by atoms with Crippen LogP contribution in [0.1, 0.15) is 0 Å². The van der Waals surface area contributed by atoms with Gasteiger partial charge in [-0.2, -0.15) is 0 Å². The highest BCUT2D eigenvalue weighted by Gasteiger charge is 2.19. The fraction of sp³-hybridized carbons (Fsp3) is 0. The van der Waals surface area contributed by atoms with Crippen molar-refractivity contribution in [2.75, 3.05) is 0 Å². The standard InChI is InChI=1S/C41H25N5/c1-3-9-27(10-4-1)39-44-40(28-11-5-2-6-12-28)46-41(45-39)35-23-29-17-19-32(30-18-21-36(43-25-30)31-14-8-22-42-24-31)34-20-16-26-13-7-15-33(35)37(26)38(29)34/h1-25H. The van der Waals surface area contributed by atoms with Gasteiger partial charge in [0.1, 0.15) is 0 Å². The molecule has 0 amide bonds. The molecule has 214 valence electrons. The van der Waals surface area contributed by atoms with Crippen molar-refractivity contribution in [1.82, 2.24) is 24.9 Å². The summed E-state index contributed by atoms with van der Waals surface area (Å²) in [5.41, 5.74) is 7.01. The van der Waals surface area contributed by atoms with Crippen LogP contribution in [0.4, 0.5) is 0 Å². The molecule has 0 saturated carbocycles. The zero-order chi connectivity index (χ0) is 30.5. The Morgan fingerprint density at radius 1 is 0.391 bits per heavy atom. The highest BCUT2D eigenvalue weighted by Crippen LogP contribution is 2.43. The Labute approximate surface area is 265 Å². The van der Waals surface area contributed by atoms with E-state index in [2.05, 4.69) is 65.6 Å². The molecule has 6 aromatic carbocycles. The Bertz CT molecular complexity index is 2440. The van der Waals surface area contributed by atoms with Crippen LogP contribution in [0.3, 0.4) is 0 Å². The summed E-state index contributed by atoms with van der Waals surface area (Å²) in [6, 6.07) is 46.0. The lowest BCUT2D eigenvalue weighted by Crippen LogP contribution is -2.01. The Balaban J connectivity index is 1.26. The summed E-state index contributed by atoms with van der Waals surface area (Å²) >= 11 is 0. The number of pyridine rings is 2. The fourth-order valence-corrected chi connectivity index (χ4v) is 6.43. The molecule has 0 unspecified atom stereocenters. The van der Waals surface area contributed by atoms with Crippen molar-refractivity contribution in [1.29, 1.82) is 0 Å². The first-order chi connectivity index (χ1) is 22.8. The normalized spacial score (nSPS) is 11.5. The molecule has 0 aliphatic carbocycles. The van der Waals surface area contributed by atoms with Gasteiger partial charge in [0, 0.05) is 46.4 Å². The zero-order valence-corrected chi connectivity index (χ0v) is 24.7. The van der Waals surface area contributed by atoms with Crippen LogP contribution in [0.2, 0.25) is 0 Å². The van der Waals surface area contributed by atoms with Gasteiger partial charge in [-0.05, 0) is 62.1 Å². The van der Waals surface area contributed by atoms with Crippen LogP contribution in [0.25, 0.3) is 88.9 Å². The summed E-state index contributed by atoms with van der Waals surface area (Å²) in [4.78, 5) is 24.1. The molecular formula is C41H25N5. The van der Waals surface area contributed by atoms with Gasteiger partial charge in [-0.1, -0.05) is 109 Å². The third-order valence-electron chi connectivity index (χ3n) is 8.62. The SMILES string of the molecule is c1ccc(-c2nc(-c3ccccc3)nc(-c3cc4ccc(-c5ccc(-c6cccnc6)nc5)c5ccc6cccc3c6c45)n2)cc1. The van der Waals surface area contributed by atoms with E-state index < -0.39 is 0 Å². The van der Waals surface area contributed by atoms with Gasteiger partial charge in [-0.25, -0.2) is 15.0 Å². The first-order valence-corrected chi connectivity index (χ1v) is 15.2. The van der Waals surface area contributed by atoms with Gasteiger partial charge in [-0.3, -0.25) is 9.97 Å². The first kappa shape index (κ1) is 26.1. The molecule has 9 rings (SSSR count). The van der Waals surface area contributed by atoms with Gasteiger partial charge in [0.25, 0.3) is 0 Å². The summed E-state index contributed by atoms with van der Waals surface area (Å²) < 4.78 is 0. The summed E-state index contributed by atoms with van der Waals surface area (Å²) in [7, 11) is 0. The summed E-state index contributed by atoms with van der Waals surface area (Å²) in [6.45, 7) is 0. The molecule has 3 aromatic heterocycles. The van der Waals surface area contributed by atoms with Crippen LogP contribution in [0.5, 0.6) is 0 Å². The lowest BCUT2D eigenvalue weighted by Gasteiger charge is -2.17. The second-order valence-corrected chi connectivity index (χ2v) is 11.4. The van der Waals surface area contributed by atoms with Crippen molar-refractivity contribution in [2.24, 2.45) is 0 Å². The lowest BCUT2D eigenvalue weighted by molar-refractivity contribution is 1.08. The molecule has 0 bridgehead atoms. The number of benzene rings is 6. The minimum absolute atomic E-state index is 0.652. The molecule has 0 spiro atoms. The van der Waals surface area contributed by atoms with Crippen molar-refractivity contribution in [3.63, 3.8) is 0 Å². The highest BCUT2D eigenvalue weighted by atomic mass is 15.0. The summed E-state index contributed by atoms with van der Waals surface area (Å²) in [5.74, 6) is 1.96. The minimum Gasteiger partial charge on any atom is -0.264 e. The van der Waals surface area contributed by atoms with E-state index in [0.29, 0.717) is 17.5 Å². The van der Waals surface area contributed by atoms with Crippen LogP contribution in [-0.2, 0) is 0 Å². The average molecular weight is 588 g/mol. The smallest absolute Gasteiger partial charge is 0.164 e. The predicted octanol–water partition coefficient (Wildman–Crippen LogP) is 9.89. The number of nitrogens with zero attached hydrogens (tertiary/aromatic N) is 5. The van der Waals surface area contributed by atoms with Gasteiger partial charge < -0.3 is 0 Å². The molecule has 9 aromatic rings. The molecule has 0 aliphatic heterocycles. The maximum atomic E-state index is 5.07. The zero-order valence-electron chi connectivity index (χ0n) is 24.7. The number of aromatic nitrogens is 5. The van der Waals surface area contributed by atoms with Crippen LogP contribution in [0.15, 0.2) is 152 Å². The van der Waals surface area contributed by atoms with Crippen LogP contribution in [-0.4, -0.2) is 24.9 Å². The molecule has 0 saturated heterocycles. The van der Waals surface area contributed by atoms with Gasteiger partial charge in [0.05, 0.1) is 5.69 Å². The van der Waals surface area contributed by atoms with Gasteiger partial charge in [-0.15, -0.1) is 0 Å². The second-order valence-electron chi connectivity index (χ2n) is 11.4. The molecule has 0 N–H and O–H groups in total. The van der Waals surface area contributed by atoms with Gasteiger partial charge >= 0.3 is 0 Å². The van der Waals surface area contributed by atoms with E-state index in [4.69, 9.17) is 19.9 Å². The molecule has 3 heterocycles. The Kier molecular flexibility index (Phi) is 6.06. The van der Waals surface area contributed by atoms with E-state index in [1.54, 1.807) is 6.20 Å². The molecule has 0 atom stereocenters. The Morgan fingerprint density at radius 3 is 1.76 bits per heavy atom. The topological polar surface area (TPSA) is 64.5 Å². The van der Waals surface area contributed by atoms with E-state index in [1.807, 2.05) is 85.2 Å². The monoisotopic (exact) mass is 587 g/mol. The number of hydrogen-bond donors (Lipinski definition) is 0. The van der Waals surface area contributed by atoms with E-state index in [-0.39, 0.29) is 0 Å². The van der Waals surface area contributed by atoms with Crippen molar-refractivity contribution in [2.45, 2.75) is 0 Å². The van der Waals surface area contributed by atoms with E-state index >= 15 is 0 Å². The van der Waals surface area contributed by atoms with E-state index in [1.165, 1.54) is 21.5 Å². The van der Waals surface area contributed by atoms with Crippen molar-refractivity contribution in [3.05, 3.63) is 152 Å². The van der Waals surface area contributed by atoms with E-state index in [0.717, 1.165) is 49.8 Å². The van der Waals surface area contributed by atoms with Crippen LogP contribution >= 0.6 is 0 Å². The van der Waals surface area contributed by atoms with Crippen LogP contribution < -0.4 is 0 Å². The molecule has 0 radical (unpaired) electrons. The summed E-state index contributed by atoms with van der Waals surface area (Å²) in [5, 5.41) is 7.06. The van der Waals surface area contributed by atoms with Crippen LogP contribution in [0, 0.1) is 0 Å².